The lowest BCUT2D eigenvalue weighted by atomic mass is 10.0. The number of furan rings is 1. The van der Waals surface area contributed by atoms with E-state index >= 15 is 0 Å². The molecule has 0 saturated heterocycles. The van der Waals surface area contributed by atoms with Crippen LogP contribution in [0.25, 0.3) is 11.1 Å². The maximum Gasteiger partial charge on any atom is 0.416 e. The first-order valence-electron chi connectivity index (χ1n) is 8.74. The van der Waals surface area contributed by atoms with Crippen molar-refractivity contribution >= 4 is 21.8 Å². The molecule has 2 aromatic carbocycles. The first kappa shape index (κ1) is 20.3. The third-order valence-corrected chi connectivity index (χ3v) is 5.24. The fourth-order valence-corrected chi connectivity index (χ4v) is 3.56. The Morgan fingerprint density at radius 3 is 2.50 bits per heavy atom. The number of benzene rings is 2. The number of rotatable bonds is 6. The number of hydrogen-bond acceptors (Lipinski definition) is 3. The lowest BCUT2D eigenvalue weighted by Gasteiger charge is -2.09. The minimum atomic E-state index is -4.46. The summed E-state index contributed by atoms with van der Waals surface area (Å²) in [6.07, 6.45) is -2.51. The van der Waals surface area contributed by atoms with Crippen molar-refractivity contribution in [2.24, 2.45) is 0 Å². The van der Waals surface area contributed by atoms with Crippen LogP contribution in [0.2, 0.25) is 0 Å². The molecule has 0 atom stereocenters. The molecule has 0 aliphatic carbocycles. The lowest BCUT2D eigenvalue weighted by Crippen LogP contribution is -2.04. The molecule has 1 aromatic heterocycles. The van der Waals surface area contributed by atoms with E-state index in [9.17, 15) is 18.3 Å². The van der Waals surface area contributed by atoms with Gasteiger partial charge in [-0.1, -0.05) is 46.3 Å². The highest BCUT2D eigenvalue weighted by molar-refractivity contribution is 9.10. The van der Waals surface area contributed by atoms with Gasteiger partial charge in [0, 0.05) is 17.9 Å². The van der Waals surface area contributed by atoms with E-state index in [-0.39, 0.29) is 22.8 Å². The second-order valence-electron chi connectivity index (χ2n) is 6.35. The highest BCUT2D eigenvalue weighted by Gasteiger charge is 2.31. The third-order valence-electron chi connectivity index (χ3n) is 4.47. The molecule has 0 saturated carbocycles. The average molecular weight is 454 g/mol. The molecule has 0 amide bonds. The molecule has 0 aliphatic heterocycles. The maximum atomic E-state index is 13.0. The summed E-state index contributed by atoms with van der Waals surface area (Å²) in [5.74, 6) is 0.465. The molecule has 1 heterocycles. The van der Waals surface area contributed by atoms with Crippen LogP contribution in [-0.2, 0) is 19.0 Å². The molecule has 0 bridgehead atoms. The van der Waals surface area contributed by atoms with Crippen LogP contribution in [0.4, 0.5) is 19.1 Å². The number of alkyl halides is 3. The van der Waals surface area contributed by atoms with Gasteiger partial charge in [0.1, 0.15) is 5.76 Å². The molecule has 148 valence electrons. The van der Waals surface area contributed by atoms with Gasteiger partial charge in [0.25, 0.3) is 0 Å². The summed E-state index contributed by atoms with van der Waals surface area (Å²) in [6, 6.07) is 12.7. The summed E-state index contributed by atoms with van der Waals surface area (Å²) in [5.41, 5.74) is 0.852. The van der Waals surface area contributed by atoms with Gasteiger partial charge in [0.05, 0.1) is 11.1 Å². The Bertz CT molecular complexity index is 967. The Kier molecular flexibility index (Phi) is 6.03. The molecule has 0 fully saturated rings. The highest BCUT2D eigenvalue weighted by atomic mass is 79.9. The van der Waals surface area contributed by atoms with Gasteiger partial charge >= 0.3 is 6.18 Å². The molecular weight excluding hydrogens is 435 g/mol. The largest absolute Gasteiger partial charge is 0.504 e. The Hall–Kier alpha value is -2.41. The van der Waals surface area contributed by atoms with E-state index in [4.69, 9.17) is 4.42 Å². The van der Waals surface area contributed by atoms with E-state index in [1.807, 2.05) is 24.3 Å². The first-order valence-corrected chi connectivity index (χ1v) is 9.54. The van der Waals surface area contributed by atoms with E-state index in [1.54, 1.807) is 7.05 Å². The minimum absolute atomic E-state index is 0.129. The second kappa shape index (κ2) is 8.31. The summed E-state index contributed by atoms with van der Waals surface area (Å²) >= 11 is 3.50. The van der Waals surface area contributed by atoms with Crippen LogP contribution in [0.1, 0.15) is 23.3 Å². The number of aryl methyl sites for hydroxylation is 2. The fourth-order valence-electron chi connectivity index (χ4n) is 3.07. The number of hydrogen-bond donors (Lipinski definition) is 2. The number of nitrogens with one attached hydrogen (secondary N) is 1. The van der Waals surface area contributed by atoms with E-state index < -0.39 is 11.7 Å². The molecule has 28 heavy (non-hydrogen) atoms. The normalized spacial score (nSPS) is 11.6. The molecule has 0 radical (unpaired) electrons. The Morgan fingerprint density at radius 1 is 1.07 bits per heavy atom. The molecule has 0 aliphatic rings. The van der Waals surface area contributed by atoms with Gasteiger partial charge in [-0.15, -0.1) is 0 Å². The summed E-state index contributed by atoms with van der Waals surface area (Å²) in [5, 5.41) is 13.4. The molecule has 3 aromatic rings. The zero-order valence-electron chi connectivity index (χ0n) is 15.1. The van der Waals surface area contributed by atoms with Crippen molar-refractivity contribution in [2.75, 3.05) is 12.4 Å². The van der Waals surface area contributed by atoms with Crippen LogP contribution in [-0.4, -0.2) is 12.2 Å². The van der Waals surface area contributed by atoms with E-state index in [1.165, 1.54) is 12.1 Å². The first-order chi connectivity index (χ1) is 13.3. The van der Waals surface area contributed by atoms with Gasteiger partial charge in [-0.2, -0.15) is 13.2 Å². The zero-order chi connectivity index (χ0) is 20.3. The summed E-state index contributed by atoms with van der Waals surface area (Å²) in [4.78, 5) is 0. The van der Waals surface area contributed by atoms with Crippen LogP contribution in [0, 0.1) is 0 Å². The molecule has 3 nitrogen and oxygen atoms in total. The standard InChI is InChI=1S/C21H19BrF3NO2/c1-26-20-18(14-8-4-9-15(12-14)21(23,24)25)19(27)17(28-20)11-5-7-13-6-2-3-10-16(13)22/h2-4,6,8-10,12,26-27H,5,7,11H2,1H3. The predicted molar refractivity (Wildman–Crippen MR) is 107 cm³/mol. The molecular formula is C21H19BrF3NO2. The average Bonchev–Trinajstić information content (AvgIpc) is 2.98. The summed E-state index contributed by atoms with van der Waals surface area (Å²) in [7, 11) is 1.60. The van der Waals surface area contributed by atoms with Crippen molar-refractivity contribution in [1.82, 2.24) is 0 Å². The van der Waals surface area contributed by atoms with Gasteiger partial charge in [0.15, 0.2) is 5.75 Å². The summed E-state index contributed by atoms with van der Waals surface area (Å²) in [6.45, 7) is 0. The van der Waals surface area contributed by atoms with Crippen molar-refractivity contribution in [3.8, 4) is 16.9 Å². The Balaban J connectivity index is 1.84. The topological polar surface area (TPSA) is 45.4 Å². The van der Waals surface area contributed by atoms with Crippen LogP contribution >= 0.6 is 15.9 Å². The number of aromatic hydroxyl groups is 1. The lowest BCUT2D eigenvalue weighted by molar-refractivity contribution is -0.137. The third kappa shape index (κ3) is 4.35. The van der Waals surface area contributed by atoms with Crippen molar-refractivity contribution < 1.29 is 22.7 Å². The van der Waals surface area contributed by atoms with Crippen molar-refractivity contribution in [3.63, 3.8) is 0 Å². The SMILES string of the molecule is CNc1oc(CCCc2ccccc2Br)c(O)c1-c1cccc(C(F)(F)F)c1. The van der Waals surface area contributed by atoms with Crippen LogP contribution in [0.15, 0.2) is 57.4 Å². The number of halogens is 4. The van der Waals surface area contributed by atoms with E-state index in [0.717, 1.165) is 35.0 Å². The van der Waals surface area contributed by atoms with Crippen molar-refractivity contribution in [3.05, 3.63) is 69.9 Å². The number of anilines is 1. The van der Waals surface area contributed by atoms with E-state index in [2.05, 4.69) is 21.2 Å². The van der Waals surface area contributed by atoms with Crippen molar-refractivity contribution in [2.45, 2.75) is 25.4 Å². The van der Waals surface area contributed by atoms with Gasteiger partial charge in [-0.25, -0.2) is 0 Å². The smallest absolute Gasteiger partial charge is 0.416 e. The van der Waals surface area contributed by atoms with Gasteiger partial charge in [-0.05, 0) is 42.2 Å². The Labute approximate surface area is 169 Å². The minimum Gasteiger partial charge on any atom is -0.504 e. The van der Waals surface area contributed by atoms with Gasteiger partial charge in [0.2, 0.25) is 5.88 Å². The molecule has 2 N–H and O–H groups in total. The van der Waals surface area contributed by atoms with Crippen LogP contribution in [0.5, 0.6) is 5.75 Å². The second-order valence-corrected chi connectivity index (χ2v) is 7.21. The summed E-state index contributed by atoms with van der Waals surface area (Å²) < 4.78 is 45.8. The predicted octanol–water partition coefficient (Wildman–Crippen LogP) is 6.65. The van der Waals surface area contributed by atoms with Crippen molar-refractivity contribution in [1.29, 1.82) is 0 Å². The molecule has 3 rings (SSSR count). The molecule has 0 unspecified atom stereocenters. The maximum absolute atomic E-state index is 13.0. The highest BCUT2D eigenvalue weighted by Crippen LogP contribution is 2.43. The van der Waals surface area contributed by atoms with E-state index in [0.29, 0.717) is 12.2 Å². The zero-order valence-corrected chi connectivity index (χ0v) is 16.7. The van der Waals surface area contributed by atoms with Gasteiger partial charge < -0.3 is 14.8 Å². The van der Waals surface area contributed by atoms with Crippen LogP contribution in [0.3, 0.4) is 0 Å². The quantitative estimate of drug-likeness (QED) is 0.439. The fraction of sp³-hybridized carbons (Fsp3) is 0.238. The van der Waals surface area contributed by atoms with Gasteiger partial charge in [-0.3, -0.25) is 0 Å². The molecule has 7 heteroatoms. The molecule has 0 spiro atoms. The monoisotopic (exact) mass is 453 g/mol. The Morgan fingerprint density at radius 2 is 1.82 bits per heavy atom. The van der Waals surface area contributed by atoms with Crippen LogP contribution < -0.4 is 5.32 Å².